The number of carbonyl (C=O) groups excluding carboxylic acids is 1. The molecule has 0 unspecified atom stereocenters. The first-order valence-electron chi connectivity index (χ1n) is 7.74. The minimum atomic E-state index is -0.492. The third kappa shape index (κ3) is 4.00. The molecule has 0 aromatic carbocycles. The van der Waals surface area contributed by atoms with Gasteiger partial charge in [0.2, 0.25) is 0 Å². The summed E-state index contributed by atoms with van der Waals surface area (Å²) in [6.07, 6.45) is 2.44. The molecule has 0 radical (unpaired) electrons. The summed E-state index contributed by atoms with van der Waals surface area (Å²) >= 11 is 0. The van der Waals surface area contributed by atoms with Crippen molar-refractivity contribution < 1.29 is 4.79 Å². The van der Waals surface area contributed by atoms with Gasteiger partial charge in [-0.2, -0.15) is 0 Å². The van der Waals surface area contributed by atoms with E-state index in [0.29, 0.717) is 28.5 Å². The number of amides is 1. The van der Waals surface area contributed by atoms with Crippen LogP contribution in [0.3, 0.4) is 0 Å². The molecule has 0 aliphatic rings. The number of H-pyrrole nitrogens is 2. The summed E-state index contributed by atoms with van der Waals surface area (Å²) < 4.78 is 1.41. The topological polar surface area (TPSA) is 121 Å². The van der Waals surface area contributed by atoms with E-state index in [0.717, 1.165) is 6.42 Å². The number of nitrogens with zero attached hydrogens (tertiary/aromatic N) is 4. The molecule has 2 rings (SSSR count). The highest BCUT2D eigenvalue weighted by molar-refractivity contribution is 6.07. The lowest BCUT2D eigenvalue weighted by Gasteiger charge is -2.04. The molecule has 0 atom stereocenters. The van der Waals surface area contributed by atoms with Gasteiger partial charge in [0.25, 0.3) is 11.5 Å². The van der Waals surface area contributed by atoms with Crippen LogP contribution in [0, 0.1) is 0 Å². The Hall–Kier alpha value is -3.23. The molecule has 9 nitrogen and oxygen atoms in total. The molecule has 0 saturated carbocycles. The van der Waals surface area contributed by atoms with Crippen LogP contribution in [0.5, 0.6) is 0 Å². The van der Waals surface area contributed by atoms with Crippen LogP contribution in [-0.4, -0.2) is 43.4 Å². The maximum absolute atomic E-state index is 12.2. The van der Waals surface area contributed by atoms with Gasteiger partial charge >= 0.3 is 0 Å². The van der Waals surface area contributed by atoms with Crippen molar-refractivity contribution in [2.45, 2.75) is 20.3 Å². The lowest BCUT2D eigenvalue weighted by molar-refractivity contribution is 0.0953. The molecule has 3 N–H and O–H groups in total. The molecule has 0 aliphatic carbocycles. The van der Waals surface area contributed by atoms with Gasteiger partial charge in [-0.05, 0) is 25.0 Å². The van der Waals surface area contributed by atoms with E-state index in [4.69, 9.17) is 0 Å². The summed E-state index contributed by atoms with van der Waals surface area (Å²) in [6, 6.07) is 0. The maximum atomic E-state index is 12.2. The molecule has 2 aromatic rings. The van der Waals surface area contributed by atoms with E-state index in [1.54, 1.807) is 20.0 Å². The van der Waals surface area contributed by atoms with Gasteiger partial charge in [-0.1, -0.05) is 25.3 Å². The van der Waals surface area contributed by atoms with E-state index in [9.17, 15) is 9.59 Å². The van der Waals surface area contributed by atoms with Crippen molar-refractivity contribution in [2.24, 2.45) is 12.0 Å². The minimum Gasteiger partial charge on any atom is -0.352 e. The van der Waals surface area contributed by atoms with Crippen molar-refractivity contribution in [1.29, 1.82) is 0 Å². The van der Waals surface area contributed by atoms with Gasteiger partial charge in [-0.3, -0.25) is 24.5 Å². The van der Waals surface area contributed by atoms with E-state index >= 15 is 0 Å². The molecule has 25 heavy (non-hydrogen) atoms. The second-order valence-electron chi connectivity index (χ2n) is 5.50. The molecule has 2 heterocycles. The summed E-state index contributed by atoms with van der Waals surface area (Å²) in [4.78, 5) is 28.7. The summed E-state index contributed by atoms with van der Waals surface area (Å²) in [5, 5.41) is 16.5. The molecule has 0 fully saturated rings. The quantitative estimate of drug-likeness (QED) is 0.613. The van der Waals surface area contributed by atoms with Gasteiger partial charge in [0.05, 0.1) is 5.35 Å². The Kier molecular flexibility index (Phi) is 5.48. The van der Waals surface area contributed by atoms with E-state index < -0.39 is 11.5 Å². The lowest BCUT2D eigenvalue weighted by atomic mass is 10.2. The standard InChI is InChI=1S/C16H21N7O2/c1-6-7-17-15(24)13-14(23(5)21-16(13)25)18-10(3)9(2)8-12-11(4)19-22-20-12/h8H,2,4,6-7H2,1,3,5H3,(H,17,24)(H,19,20)(H,21,25)/b12-8+,18-10?. The number of aromatic nitrogens is 5. The first-order valence-corrected chi connectivity index (χ1v) is 7.74. The van der Waals surface area contributed by atoms with Crippen molar-refractivity contribution in [3.8, 4) is 0 Å². The third-order valence-corrected chi connectivity index (χ3v) is 3.50. The molecule has 9 heteroatoms. The SMILES string of the molecule is C=C(/C=c1/nn[nH]c1=C)C(C)=Nc1c(C(=O)NCCC)c(=O)[nH]n1C. The van der Waals surface area contributed by atoms with E-state index in [1.807, 2.05) is 6.92 Å². The number of rotatable bonds is 6. The Balaban J connectivity index is 2.42. The molecule has 0 bridgehead atoms. The first-order chi connectivity index (χ1) is 11.8. The predicted octanol–water partition coefficient (Wildman–Crippen LogP) is -0.489. The van der Waals surface area contributed by atoms with Crippen LogP contribution >= 0.6 is 0 Å². The van der Waals surface area contributed by atoms with Crippen molar-refractivity contribution in [2.75, 3.05) is 6.54 Å². The Bertz CT molecular complexity index is 991. The molecular weight excluding hydrogens is 322 g/mol. The summed E-state index contributed by atoms with van der Waals surface area (Å²) in [5.74, 6) is -0.220. The average Bonchev–Trinajstić information content (AvgIpc) is 3.08. The largest absolute Gasteiger partial charge is 0.352 e. The van der Waals surface area contributed by atoms with Gasteiger partial charge in [-0.25, -0.2) is 4.99 Å². The molecule has 0 saturated heterocycles. The van der Waals surface area contributed by atoms with E-state index in [-0.39, 0.29) is 11.4 Å². The van der Waals surface area contributed by atoms with Crippen LogP contribution in [0.1, 0.15) is 30.6 Å². The Labute approximate surface area is 143 Å². The van der Waals surface area contributed by atoms with Crippen LogP contribution in [-0.2, 0) is 7.05 Å². The van der Waals surface area contributed by atoms with Crippen LogP contribution in [0.2, 0.25) is 0 Å². The fourth-order valence-electron chi connectivity index (χ4n) is 2.07. The fourth-order valence-corrected chi connectivity index (χ4v) is 2.07. The molecule has 2 aromatic heterocycles. The van der Waals surface area contributed by atoms with Gasteiger partial charge in [0.15, 0.2) is 5.82 Å². The van der Waals surface area contributed by atoms with Crippen molar-refractivity contribution >= 4 is 30.1 Å². The number of carbonyl (C=O) groups is 1. The smallest absolute Gasteiger partial charge is 0.279 e. The Morgan fingerprint density at radius 3 is 2.80 bits per heavy atom. The highest BCUT2D eigenvalue weighted by atomic mass is 16.2. The third-order valence-electron chi connectivity index (χ3n) is 3.50. The van der Waals surface area contributed by atoms with Crippen molar-refractivity contribution in [1.82, 2.24) is 30.5 Å². The van der Waals surface area contributed by atoms with Crippen LogP contribution < -0.4 is 21.6 Å². The Morgan fingerprint density at radius 1 is 1.48 bits per heavy atom. The van der Waals surface area contributed by atoms with Gasteiger partial charge in [0, 0.05) is 19.3 Å². The number of allylic oxidation sites excluding steroid dienone is 1. The second-order valence-corrected chi connectivity index (χ2v) is 5.50. The van der Waals surface area contributed by atoms with Crippen molar-refractivity contribution in [3.63, 3.8) is 0 Å². The summed E-state index contributed by atoms with van der Waals surface area (Å²) in [6.45, 7) is 11.8. The molecule has 0 aliphatic heterocycles. The highest BCUT2D eigenvalue weighted by Crippen LogP contribution is 2.16. The zero-order valence-corrected chi connectivity index (χ0v) is 14.5. The van der Waals surface area contributed by atoms with Gasteiger partial charge in [0.1, 0.15) is 10.9 Å². The Morgan fingerprint density at radius 2 is 2.20 bits per heavy atom. The number of aliphatic imine (C=N–C) groups is 1. The monoisotopic (exact) mass is 343 g/mol. The van der Waals surface area contributed by atoms with Crippen LogP contribution in [0.4, 0.5) is 5.82 Å². The fraction of sp³-hybridized carbons (Fsp3) is 0.312. The van der Waals surface area contributed by atoms with E-state index in [2.05, 4.69) is 44.0 Å². The molecular formula is C16H21N7O2. The van der Waals surface area contributed by atoms with Crippen LogP contribution in [0.25, 0.3) is 12.7 Å². The van der Waals surface area contributed by atoms with E-state index in [1.165, 1.54) is 4.68 Å². The normalized spacial score (nSPS) is 12.4. The van der Waals surface area contributed by atoms with Crippen molar-refractivity contribution in [3.05, 3.63) is 38.8 Å². The first kappa shape index (κ1) is 18.1. The number of hydrogen-bond donors (Lipinski definition) is 3. The minimum absolute atomic E-state index is 0.0256. The molecule has 0 spiro atoms. The maximum Gasteiger partial charge on any atom is 0.279 e. The number of aryl methyl sites for hydroxylation is 1. The lowest BCUT2D eigenvalue weighted by Crippen LogP contribution is -2.28. The highest BCUT2D eigenvalue weighted by Gasteiger charge is 2.20. The zero-order chi connectivity index (χ0) is 18.6. The molecule has 132 valence electrons. The summed E-state index contributed by atoms with van der Waals surface area (Å²) in [5.41, 5.74) is 0.574. The number of aromatic amines is 2. The van der Waals surface area contributed by atoms with Gasteiger partial charge in [-0.15, -0.1) is 5.10 Å². The summed E-state index contributed by atoms with van der Waals surface area (Å²) in [7, 11) is 1.61. The predicted molar refractivity (Wildman–Crippen MR) is 96.2 cm³/mol. The van der Waals surface area contributed by atoms with Gasteiger partial charge < -0.3 is 5.32 Å². The second kappa shape index (κ2) is 7.56. The van der Waals surface area contributed by atoms with Crippen LogP contribution in [0.15, 0.2) is 21.9 Å². The zero-order valence-electron chi connectivity index (χ0n) is 14.5. The number of hydrogen-bond acceptors (Lipinski definition) is 5. The molecule has 1 amide bonds. The number of nitrogens with one attached hydrogen (secondary N) is 3. The average molecular weight is 343 g/mol.